The molecule has 1 fully saturated rings. The van der Waals surface area contributed by atoms with E-state index in [0.29, 0.717) is 13.1 Å². The van der Waals surface area contributed by atoms with Crippen molar-refractivity contribution in [3.8, 4) is 0 Å². The molecule has 7 nitrogen and oxygen atoms in total. The van der Waals surface area contributed by atoms with Crippen LogP contribution >= 0.6 is 0 Å². The fourth-order valence-electron chi connectivity index (χ4n) is 1.92. The number of esters is 1. The topological polar surface area (TPSA) is 88.1 Å². The Hall–Kier alpha value is -1.34. The summed E-state index contributed by atoms with van der Waals surface area (Å²) in [5.41, 5.74) is -2.08. The monoisotopic (exact) mass is 302 g/mol. The minimum Gasteiger partial charge on any atom is -0.444 e. The molecule has 0 radical (unpaired) electrons. The van der Waals surface area contributed by atoms with Crippen molar-refractivity contribution >= 4 is 12.1 Å². The van der Waals surface area contributed by atoms with E-state index >= 15 is 0 Å². The highest BCUT2D eigenvalue weighted by Gasteiger charge is 2.46. The molecule has 0 aromatic heterocycles. The van der Waals surface area contributed by atoms with Gasteiger partial charge in [0.15, 0.2) is 0 Å². The van der Waals surface area contributed by atoms with E-state index in [0.717, 1.165) is 0 Å². The number of rotatable bonds is 3. The molecule has 1 atom stereocenters. The Bertz CT molecular complexity index is 391. The lowest BCUT2D eigenvalue weighted by atomic mass is 10.1. The highest BCUT2D eigenvalue weighted by molar-refractivity contribution is 5.74. The van der Waals surface area contributed by atoms with Crippen LogP contribution in [0.5, 0.6) is 0 Å². The van der Waals surface area contributed by atoms with Crippen molar-refractivity contribution < 1.29 is 24.2 Å². The fraction of sp³-hybridized carbons (Fsp3) is 0.857. The predicted molar refractivity (Wildman–Crippen MR) is 76.6 cm³/mol. The van der Waals surface area contributed by atoms with Gasteiger partial charge in [0.1, 0.15) is 12.2 Å². The average molecular weight is 302 g/mol. The van der Waals surface area contributed by atoms with Crippen LogP contribution < -0.4 is 5.32 Å². The predicted octanol–water partition coefficient (Wildman–Crippen LogP) is 0.714. The number of ether oxygens (including phenoxy) is 2. The molecule has 1 saturated heterocycles. The molecule has 1 amide bonds. The first-order valence-corrected chi connectivity index (χ1v) is 7.16. The normalized spacial score (nSPS) is 23.1. The Labute approximate surface area is 125 Å². The van der Waals surface area contributed by atoms with Gasteiger partial charge in [-0.15, -0.1) is 0 Å². The third-order valence-electron chi connectivity index (χ3n) is 3.03. The van der Waals surface area contributed by atoms with Gasteiger partial charge >= 0.3 is 12.1 Å². The summed E-state index contributed by atoms with van der Waals surface area (Å²) in [6.45, 7) is 9.18. The Morgan fingerprint density at radius 1 is 1.38 bits per heavy atom. The fourth-order valence-corrected chi connectivity index (χ4v) is 1.92. The van der Waals surface area contributed by atoms with Crippen molar-refractivity contribution in [2.75, 3.05) is 26.2 Å². The van der Waals surface area contributed by atoms with Crippen LogP contribution in [0.3, 0.4) is 0 Å². The lowest BCUT2D eigenvalue weighted by Gasteiger charge is -2.45. The second-order valence-corrected chi connectivity index (χ2v) is 6.49. The van der Waals surface area contributed by atoms with Crippen LogP contribution in [-0.2, 0) is 14.3 Å². The molecule has 0 aromatic carbocycles. The second kappa shape index (κ2) is 6.62. The lowest BCUT2D eigenvalue weighted by Crippen LogP contribution is -2.67. The zero-order valence-corrected chi connectivity index (χ0v) is 13.4. The lowest BCUT2D eigenvalue weighted by molar-refractivity contribution is -0.198. The minimum absolute atomic E-state index is 0.168. The molecule has 0 aromatic rings. The number of carbonyl (C=O) groups excluding carboxylic acids is 2. The number of aliphatic hydroxyl groups excluding tert-OH is 1. The van der Waals surface area contributed by atoms with E-state index in [1.54, 1.807) is 34.6 Å². The Morgan fingerprint density at radius 2 is 2.00 bits per heavy atom. The van der Waals surface area contributed by atoms with Gasteiger partial charge in [-0.1, -0.05) is 13.8 Å². The SMILES string of the molecule is CC(C)C(=O)OC1(CO)CNCCN1C(=O)OC(C)(C)C. The van der Waals surface area contributed by atoms with Crippen LogP contribution in [0.2, 0.25) is 0 Å². The Kier molecular flexibility index (Phi) is 5.58. The maximum Gasteiger partial charge on any atom is 0.413 e. The number of aliphatic hydroxyl groups is 1. The first kappa shape index (κ1) is 17.7. The third kappa shape index (κ3) is 4.57. The van der Waals surface area contributed by atoms with Gasteiger partial charge in [-0.05, 0) is 20.8 Å². The van der Waals surface area contributed by atoms with E-state index in [2.05, 4.69) is 5.32 Å². The van der Waals surface area contributed by atoms with Crippen molar-refractivity contribution in [2.45, 2.75) is 45.9 Å². The molecule has 1 heterocycles. The van der Waals surface area contributed by atoms with Crippen LogP contribution in [0, 0.1) is 5.92 Å². The average Bonchev–Trinajstić information content (AvgIpc) is 2.36. The largest absolute Gasteiger partial charge is 0.444 e. The van der Waals surface area contributed by atoms with Crippen molar-refractivity contribution in [3.05, 3.63) is 0 Å². The van der Waals surface area contributed by atoms with Gasteiger partial charge < -0.3 is 19.9 Å². The molecule has 1 rings (SSSR count). The molecule has 1 aliphatic heterocycles. The van der Waals surface area contributed by atoms with Crippen LogP contribution in [-0.4, -0.2) is 59.6 Å². The molecule has 1 unspecified atom stereocenters. The van der Waals surface area contributed by atoms with E-state index < -0.39 is 30.0 Å². The molecule has 0 aliphatic carbocycles. The molecule has 1 aliphatic rings. The molecule has 0 spiro atoms. The van der Waals surface area contributed by atoms with Gasteiger partial charge in [0, 0.05) is 13.1 Å². The summed E-state index contributed by atoms with van der Waals surface area (Å²) < 4.78 is 10.7. The third-order valence-corrected chi connectivity index (χ3v) is 3.03. The van der Waals surface area contributed by atoms with Gasteiger partial charge in [-0.25, -0.2) is 4.79 Å². The molecular weight excluding hydrogens is 276 g/mol. The molecule has 0 bridgehead atoms. The quantitative estimate of drug-likeness (QED) is 0.747. The number of nitrogens with zero attached hydrogens (tertiary/aromatic N) is 1. The molecular formula is C14H26N2O5. The minimum atomic E-state index is -1.41. The van der Waals surface area contributed by atoms with Gasteiger partial charge in [-0.3, -0.25) is 9.69 Å². The van der Waals surface area contributed by atoms with Gasteiger partial charge in [0.25, 0.3) is 0 Å². The second-order valence-electron chi connectivity index (χ2n) is 6.49. The van der Waals surface area contributed by atoms with E-state index in [1.807, 2.05) is 0 Å². The molecule has 0 saturated carbocycles. The van der Waals surface area contributed by atoms with Crippen LogP contribution in [0.4, 0.5) is 4.79 Å². The van der Waals surface area contributed by atoms with E-state index in [4.69, 9.17) is 9.47 Å². The maximum absolute atomic E-state index is 12.3. The molecule has 2 N–H and O–H groups in total. The highest BCUT2D eigenvalue weighted by Crippen LogP contribution is 2.23. The number of hydrogen-bond donors (Lipinski definition) is 2. The zero-order valence-electron chi connectivity index (χ0n) is 13.4. The van der Waals surface area contributed by atoms with Crippen molar-refractivity contribution in [2.24, 2.45) is 5.92 Å². The summed E-state index contributed by atoms with van der Waals surface area (Å²) in [6.07, 6.45) is -0.602. The van der Waals surface area contributed by atoms with Crippen molar-refractivity contribution in [1.82, 2.24) is 10.2 Å². The smallest absolute Gasteiger partial charge is 0.413 e. The number of hydrogen-bond acceptors (Lipinski definition) is 6. The first-order valence-electron chi connectivity index (χ1n) is 7.16. The van der Waals surface area contributed by atoms with Crippen LogP contribution in [0.25, 0.3) is 0 Å². The Balaban J connectivity index is 2.96. The number of amides is 1. The highest BCUT2D eigenvalue weighted by atomic mass is 16.6. The van der Waals surface area contributed by atoms with E-state index in [9.17, 15) is 14.7 Å². The summed E-state index contributed by atoms with van der Waals surface area (Å²) in [5, 5.41) is 12.8. The number of nitrogens with one attached hydrogen (secondary N) is 1. The first-order chi connectivity index (χ1) is 9.61. The summed E-state index contributed by atoms with van der Waals surface area (Å²) in [7, 11) is 0. The van der Waals surface area contributed by atoms with Crippen molar-refractivity contribution in [1.29, 1.82) is 0 Å². The maximum atomic E-state index is 12.3. The van der Waals surface area contributed by atoms with E-state index in [1.165, 1.54) is 4.90 Å². The van der Waals surface area contributed by atoms with Crippen molar-refractivity contribution in [3.63, 3.8) is 0 Å². The Morgan fingerprint density at radius 3 is 2.48 bits per heavy atom. The van der Waals surface area contributed by atoms with Crippen LogP contribution in [0.1, 0.15) is 34.6 Å². The van der Waals surface area contributed by atoms with Gasteiger partial charge in [0.05, 0.1) is 12.5 Å². The standard InChI is InChI=1S/C14H26N2O5/c1-10(2)11(18)20-14(9-17)8-15-6-7-16(14)12(19)21-13(3,4)5/h10,15,17H,6-9H2,1-5H3. The molecule has 21 heavy (non-hydrogen) atoms. The summed E-state index contributed by atoms with van der Waals surface area (Å²) in [4.78, 5) is 25.5. The van der Waals surface area contributed by atoms with Crippen LogP contribution in [0.15, 0.2) is 0 Å². The molecule has 7 heteroatoms. The number of piperazine rings is 1. The summed E-state index contributed by atoms with van der Waals surface area (Å²) in [5.74, 6) is -0.822. The number of carbonyl (C=O) groups is 2. The van der Waals surface area contributed by atoms with Gasteiger partial charge in [0.2, 0.25) is 5.72 Å². The summed E-state index contributed by atoms with van der Waals surface area (Å²) in [6, 6.07) is 0. The zero-order chi connectivity index (χ0) is 16.3. The summed E-state index contributed by atoms with van der Waals surface area (Å²) >= 11 is 0. The molecule has 122 valence electrons. The van der Waals surface area contributed by atoms with E-state index in [-0.39, 0.29) is 12.5 Å². The van der Waals surface area contributed by atoms with Gasteiger partial charge in [-0.2, -0.15) is 0 Å².